The Balaban J connectivity index is 1.92. The number of aliphatic carboxylic acids is 1. The van der Waals surface area contributed by atoms with Crippen LogP contribution in [0, 0.1) is 0 Å². The molecule has 5 nitrogen and oxygen atoms in total. The number of benzene rings is 1. The van der Waals surface area contributed by atoms with Crippen LogP contribution in [-0.4, -0.2) is 29.6 Å². The van der Waals surface area contributed by atoms with Crippen molar-refractivity contribution in [2.24, 2.45) is 0 Å². The Kier molecular flexibility index (Phi) is 3.97. The van der Waals surface area contributed by atoms with Crippen LogP contribution in [0.2, 0.25) is 0 Å². The zero-order valence-corrected chi connectivity index (χ0v) is 11.7. The van der Waals surface area contributed by atoms with Crippen molar-refractivity contribution in [3.63, 3.8) is 0 Å². The van der Waals surface area contributed by atoms with Gasteiger partial charge in [0.2, 0.25) is 5.91 Å². The molecule has 1 fully saturated rings. The van der Waals surface area contributed by atoms with Crippen molar-refractivity contribution < 1.29 is 19.4 Å². The number of methoxy groups -OCH3 is 1. The molecule has 1 aromatic rings. The van der Waals surface area contributed by atoms with Crippen LogP contribution in [-0.2, 0) is 9.59 Å². The van der Waals surface area contributed by atoms with E-state index in [-0.39, 0.29) is 18.2 Å². The van der Waals surface area contributed by atoms with Crippen molar-refractivity contribution in [3.05, 3.63) is 29.8 Å². The molecule has 0 radical (unpaired) electrons. The summed E-state index contributed by atoms with van der Waals surface area (Å²) in [6.45, 7) is 1.95. The van der Waals surface area contributed by atoms with Crippen LogP contribution < -0.4 is 10.1 Å². The molecule has 2 rings (SSSR count). The molecular formula is C15H19NO4. The van der Waals surface area contributed by atoms with Crippen molar-refractivity contribution in [2.45, 2.75) is 37.6 Å². The van der Waals surface area contributed by atoms with E-state index in [0.29, 0.717) is 12.8 Å². The fourth-order valence-corrected chi connectivity index (χ4v) is 2.16. The van der Waals surface area contributed by atoms with E-state index >= 15 is 0 Å². The summed E-state index contributed by atoms with van der Waals surface area (Å²) in [5, 5.41) is 11.7. The zero-order valence-electron chi connectivity index (χ0n) is 11.7. The largest absolute Gasteiger partial charge is 0.497 e. The molecule has 1 atom stereocenters. The number of hydrogen-bond donors (Lipinski definition) is 2. The van der Waals surface area contributed by atoms with E-state index in [1.165, 1.54) is 0 Å². The fraction of sp³-hybridized carbons (Fsp3) is 0.467. The van der Waals surface area contributed by atoms with Crippen molar-refractivity contribution in [3.8, 4) is 5.75 Å². The highest BCUT2D eigenvalue weighted by atomic mass is 16.5. The Morgan fingerprint density at radius 1 is 1.35 bits per heavy atom. The van der Waals surface area contributed by atoms with Gasteiger partial charge in [-0.15, -0.1) is 0 Å². The summed E-state index contributed by atoms with van der Waals surface area (Å²) in [7, 11) is 1.60. The average molecular weight is 277 g/mol. The minimum Gasteiger partial charge on any atom is -0.497 e. The van der Waals surface area contributed by atoms with Gasteiger partial charge in [0.15, 0.2) is 0 Å². The number of carbonyl (C=O) groups excluding carboxylic acids is 1. The number of rotatable bonds is 6. The lowest BCUT2D eigenvalue weighted by molar-refractivity contribution is -0.143. The topological polar surface area (TPSA) is 75.6 Å². The number of nitrogens with one attached hydrogen (secondary N) is 1. The third kappa shape index (κ3) is 3.10. The van der Waals surface area contributed by atoms with Crippen LogP contribution in [0.3, 0.4) is 0 Å². The van der Waals surface area contributed by atoms with Crippen LogP contribution in [0.5, 0.6) is 5.75 Å². The lowest BCUT2D eigenvalue weighted by atomic mass is 9.97. The molecule has 1 unspecified atom stereocenters. The minimum atomic E-state index is -1.00. The summed E-state index contributed by atoms with van der Waals surface area (Å²) in [6, 6.07) is 7.54. The quantitative estimate of drug-likeness (QED) is 0.833. The van der Waals surface area contributed by atoms with E-state index in [1.54, 1.807) is 7.11 Å². The van der Waals surface area contributed by atoms with Gasteiger partial charge in [-0.25, -0.2) is 4.79 Å². The van der Waals surface area contributed by atoms with Gasteiger partial charge < -0.3 is 15.2 Å². The van der Waals surface area contributed by atoms with Gasteiger partial charge in [0, 0.05) is 6.42 Å². The maximum atomic E-state index is 11.9. The van der Waals surface area contributed by atoms with E-state index in [0.717, 1.165) is 11.3 Å². The van der Waals surface area contributed by atoms with Crippen molar-refractivity contribution in [1.29, 1.82) is 0 Å². The third-order valence-corrected chi connectivity index (χ3v) is 3.71. The molecule has 1 aliphatic carbocycles. The molecule has 0 aromatic heterocycles. The van der Waals surface area contributed by atoms with E-state index in [4.69, 9.17) is 9.84 Å². The Morgan fingerprint density at radius 2 is 1.95 bits per heavy atom. The van der Waals surface area contributed by atoms with Crippen molar-refractivity contribution >= 4 is 11.9 Å². The number of carboxylic acids is 1. The first kappa shape index (κ1) is 14.4. The summed E-state index contributed by atoms with van der Waals surface area (Å²) in [4.78, 5) is 22.9. The number of carboxylic acid groups (broad SMARTS) is 1. The first-order valence-electron chi connectivity index (χ1n) is 6.65. The van der Waals surface area contributed by atoms with Crippen molar-refractivity contribution in [2.75, 3.05) is 7.11 Å². The molecule has 0 bridgehead atoms. The fourth-order valence-electron chi connectivity index (χ4n) is 2.16. The number of amides is 1. The molecule has 2 N–H and O–H groups in total. The molecule has 1 saturated carbocycles. The Labute approximate surface area is 117 Å². The van der Waals surface area contributed by atoms with E-state index < -0.39 is 11.5 Å². The van der Waals surface area contributed by atoms with Crippen LogP contribution in [0.4, 0.5) is 0 Å². The van der Waals surface area contributed by atoms with Gasteiger partial charge in [-0.1, -0.05) is 19.1 Å². The van der Waals surface area contributed by atoms with Crippen LogP contribution in [0.1, 0.15) is 37.7 Å². The molecule has 0 heterocycles. The van der Waals surface area contributed by atoms with Crippen LogP contribution in [0.15, 0.2) is 24.3 Å². The predicted octanol–water partition coefficient (Wildman–Crippen LogP) is 1.92. The minimum absolute atomic E-state index is 0.0329. The second-order valence-electron chi connectivity index (χ2n) is 5.31. The Hall–Kier alpha value is -2.04. The van der Waals surface area contributed by atoms with Crippen LogP contribution >= 0.6 is 0 Å². The summed E-state index contributed by atoms with van der Waals surface area (Å²) in [6.07, 6.45) is 1.32. The maximum Gasteiger partial charge on any atom is 0.329 e. The van der Waals surface area contributed by atoms with Crippen molar-refractivity contribution in [1.82, 2.24) is 5.32 Å². The lowest BCUT2D eigenvalue weighted by Gasteiger charge is -2.16. The number of carbonyl (C=O) groups is 2. The van der Waals surface area contributed by atoms with E-state index in [1.807, 2.05) is 31.2 Å². The zero-order chi connectivity index (χ0) is 14.8. The number of hydrogen-bond acceptors (Lipinski definition) is 3. The SMILES string of the molecule is COc1ccc(C(C)CC(=O)NC2(C(=O)O)CC2)cc1. The molecule has 108 valence electrons. The smallest absolute Gasteiger partial charge is 0.329 e. The summed E-state index contributed by atoms with van der Waals surface area (Å²) in [5.41, 5.74) is 0.0256. The number of ether oxygens (including phenoxy) is 1. The van der Waals surface area contributed by atoms with Gasteiger partial charge in [-0.05, 0) is 36.5 Å². The van der Waals surface area contributed by atoms with E-state index in [9.17, 15) is 9.59 Å². The lowest BCUT2D eigenvalue weighted by Crippen LogP contribution is -2.43. The molecule has 5 heteroatoms. The van der Waals surface area contributed by atoms with Gasteiger partial charge >= 0.3 is 5.97 Å². The Bertz CT molecular complexity index is 505. The molecule has 1 amide bonds. The van der Waals surface area contributed by atoms with Gasteiger partial charge in [0.05, 0.1) is 7.11 Å². The van der Waals surface area contributed by atoms with Gasteiger partial charge in [-0.3, -0.25) is 4.79 Å². The molecule has 1 aliphatic rings. The molecule has 1 aromatic carbocycles. The summed E-state index contributed by atoms with van der Waals surface area (Å²) < 4.78 is 5.09. The maximum absolute atomic E-state index is 11.9. The standard InChI is InChI=1S/C15H19NO4/c1-10(11-3-5-12(20-2)6-4-11)9-13(17)16-15(7-8-15)14(18)19/h3-6,10H,7-9H2,1-2H3,(H,16,17)(H,18,19). The highest BCUT2D eigenvalue weighted by molar-refractivity contribution is 5.89. The summed E-state index contributed by atoms with van der Waals surface area (Å²) >= 11 is 0. The first-order valence-corrected chi connectivity index (χ1v) is 6.65. The highest BCUT2D eigenvalue weighted by Gasteiger charge is 2.51. The first-order chi connectivity index (χ1) is 9.47. The van der Waals surface area contributed by atoms with Gasteiger partial charge in [0.1, 0.15) is 11.3 Å². The molecular weight excluding hydrogens is 258 g/mol. The second kappa shape index (κ2) is 5.53. The average Bonchev–Trinajstić information content (AvgIpc) is 3.19. The van der Waals surface area contributed by atoms with E-state index in [2.05, 4.69) is 5.32 Å². The highest BCUT2D eigenvalue weighted by Crippen LogP contribution is 2.36. The molecule has 0 spiro atoms. The second-order valence-corrected chi connectivity index (χ2v) is 5.31. The molecule has 20 heavy (non-hydrogen) atoms. The molecule has 0 aliphatic heterocycles. The normalized spacial score (nSPS) is 17.1. The predicted molar refractivity (Wildman–Crippen MR) is 73.8 cm³/mol. The van der Waals surface area contributed by atoms with Gasteiger partial charge in [-0.2, -0.15) is 0 Å². The monoisotopic (exact) mass is 277 g/mol. The molecule has 0 saturated heterocycles. The Morgan fingerprint density at radius 3 is 2.40 bits per heavy atom. The third-order valence-electron chi connectivity index (χ3n) is 3.71. The van der Waals surface area contributed by atoms with Gasteiger partial charge in [0.25, 0.3) is 0 Å². The summed E-state index contributed by atoms with van der Waals surface area (Å²) in [5.74, 6) is -0.352. The van der Waals surface area contributed by atoms with Crippen LogP contribution in [0.25, 0.3) is 0 Å².